The molecule has 1 aliphatic heterocycles. The lowest BCUT2D eigenvalue weighted by Crippen LogP contribution is -2.63. The molecular formula is C14H18F5NO7S. The smallest absolute Gasteiger partial charge is 0.412 e. The standard InChI is InChI=1S/C14H18F5NO7S/c1-9(2)10(21)27-13(14(17,18)19,11(22)20-6-4-3-5-7-20)26-8-12(15,16)28(23,24)25/h1,3-8H2,2H3,(H,23,24,25). The molecule has 0 aliphatic carbocycles. The van der Waals surface area contributed by atoms with E-state index in [1.807, 2.05) is 0 Å². The zero-order valence-corrected chi connectivity index (χ0v) is 15.4. The Bertz CT molecular complexity index is 731. The van der Waals surface area contributed by atoms with Gasteiger partial charge in [-0.15, -0.1) is 0 Å². The summed E-state index contributed by atoms with van der Waals surface area (Å²) in [5.74, 6) is -8.33. The summed E-state index contributed by atoms with van der Waals surface area (Å²) < 4.78 is 106. The van der Waals surface area contributed by atoms with Crippen molar-refractivity contribution in [1.29, 1.82) is 0 Å². The van der Waals surface area contributed by atoms with Crippen LogP contribution in [0.1, 0.15) is 26.2 Å². The van der Waals surface area contributed by atoms with Gasteiger partial charge in [0.2, 0.25) is 0 Å². The first kappa shape index (κ1) is 24.2. The Morgan fingerprint density at radius 2 is 1.61 bits per heavy atom. The number of carbonyl (C=O) groups excluding carboxylic acids is 2. The average molecular weight is 439 g/mol. The molecule has 1 aliphatic rings. The van der Waals surface area contributed by atoms with Crippen molar-refractivity contribution in [3.63, 3.8) is 0 Å². The van der Waals surface area contributed by atoms with Crippen LogP contribution >= 0.6 is 0 Å². The van der Waals surface area contributed by atoms with Crippen molar-refractivity contribution in [1.82, 2.24) is 4.90 Å². The second kappa shape index (κ2) is 8.29. The van der Waals surface area contributed by atoms with E-state index in [-0.39, 0.29) is 13.1 Å². The molecule has 28 heavy (non-hydrogen) atoms. The van der Waals surface area contributed by atoms with Crippen LogP contribution in [0.4, 0.5) is 22.0 Å². The predicted octanol–water partition coefficient (Wildman–Crippen LogP) is 1.87. The molecule has 1 heterocycles. The quantitative estimate of drug-likeness (QED) is 0.212. The minimum Gasteiger partial charge on any atom is -0.412 e. The van der Waals surface area contributed by atoms with Gasteiger partial charge in [-0.2, -0.15) is 30.4 Å². The van der Waals surface area contributed by atoms with Crippen LogP contribution in [0.15, 0.2) is 12.2 Å². The van der Waals surface area contributed by atoms with Crippen LogP contribution in [-0.4, -0.2) is 66.7 Å². The molecule has 0 saturated carbocycles. The van der Waals surface area contributed by atoms with Crippen molar-refractivity contribution in [2.75, 3.05) is 19.7 Å². The molecule has 1 saturated heterocycles. The van der Waals surface area contributed by atoms with Crippen LogP contribution in [-0.2, 0) is 29.2 Å². The Labute approximate surface area is 157 Å². The molecule has 0 bridgehead atoms. The lowest BCUT2D eigenvalue weighted by atomic mass is 10.1. The molecule has 0 aromatic carbocycles. The number of alkyl halides is 5. The van der Waals surface area contributed by atoms with E-state index in [4.69, 9.17) is 4.55 Å². The van der Waals surface area contributed by atoms with Crippen LogP contribution in [0.3, 0.4) is 0 Å². The molecule has 1 unspecified atom stereocenters. The molecular weight excluding hydrogens is 421 g/mol. The zero-order chi connectivity index (χ0) is 22.0. The van der Waals surface area contributed by atoms with E-state index in [1.54, 1.807) is 0 Å². The van der Waals surface area contributed by atoms with Crippen LogP contribution in [0.5, 0.6) is 0 Å². The highest BCUT2D eigenvalue weighted by Gasteiger charge is 2.68. The topological polar surface area (TPSA) is 110 Å². The van der Waals surface area contributed by atoms with Crippen molar-refractivity contribution in [2.45, 2.75) is 43.4 Å². The van der Waals surface area contributed by atoms with Crippen LogP contribution < -0.4 is 0 Å². The third-order valence-corrected chi connectivity index (χ3v) is 4.58. The van der Waals surface area contributed by atoms with E-state index in [2.05, 4.69) is 16.1 Å². The number of rotatable bonds is 7. The summed E-state index contributed by atoms with van der Waals surface area (Å²) in [6.07, 6.45) is -4.66. The second-order valence-electron chi connectivity index (χ2n) is 6.04. The summed E-state index contributed by atoms with van der Waals surface area (Å²) in [5.41, 5.74) is -0.606. The maximum absolute atomic E-state index is 13.7. The monoisotopic (exact) mass is 439 g/mol. The van der Waals surface area contributed by atoms with Crippen molar-refractivity contribution in [3.05, 3.63) is 12.2 Å². The summed E-state index contributed by atoms with van der Waals surface area (Å²) in [7, 11) is -6.17. The van der Waals surface area contributed by atoms with Gasteiger partial charge in [0.05, 0.1) is 0 Å². The molecule has 162 valence electrons. The van der Waals surface area contributed by atoms with Gasteiger partial charge in [0, 0.05) is 18.7 Å². The van der Waals surface area contributed by atoms with Gasteiger partial charge in [0.25, 0.3) is 0 Å². The maximum atomic E-state index is 13.7. The van der Waals surface area contributed by atoms with Gasteiger partial charge in [-0.1, -0.05) is 6.58 Å². The molecule has 1 N–H and O–H groups in total. The lowest BCUT2D eigenvalue weighted by molar-refractivity contribution is -0.356. The van der Waals surface area contributed by atoms with Crippen molar-refractivity contribution in [3.8, 4) is 0 Å². The van der Waals surface area contributed by atoms with Crippen molar-refractivity contribution >= 4 is 22.0 Å². The number of likely N-dealkylation sites (tertiary alicyclic amines) is 1. The number of hydrogen-bond donors (Lipinski definition) is 1. The summed E-state index contributed by atoms with van der Waals surface area (Å²) in [6.45, 7) is 0.974. The number of esters is 1. The Kier molecular flexibility index (Phi) is 7.17. The Balaban J connectivity index is 3.41. The number of carbonyl (C=O) groups is 2. The minimum atomic E-state index is -6.17. The number of nitrogens with zero attached hydrogens (tertiary/aromatic N) is 1. The molecule has 1 rings (SSSR count). The lowest BCUT2D eigenvalue weighted by Gasteiger charge is -2.38. The Morgan fingerprint density at radius 3 is 2.00 bits per heavy atom. The van der Waals surface area contributed by atoms with E-state index in [0.717, 1.165) is 6.92 Å². The SMILES string of the molecule is C=C(C)C(=O)OC(OCC(F)(F)S(=O)(=O)O)(C(=O)N1CCCCC1)C(F)(F)F. The van der Waals surface area contributed by atoms with Gasteiger partial charge in [-0.3, -0.25) is 9.35 Å². The number of hydrogen-bond acceptors (Lipinski definition) is 6. The van der Waals surface area contributed by atoms with E-state index >= 15 is 0 Å². The largest absolute Gasteiger partial charge is 0.466 e. The number of halogens is 5. The fourth-order valence-corrected chi connectivity index (χ4v) is 2.39. The first-order valence-corrected chi connectivity index (χ1v) is 9.23. The molecule has 0 aromatic heterocycles. The first-order valence-electron chi connectivity index (χ1n) is 7.79. The van der Waals surface area contributed by atoms with Gasteiger partial charge in [-0.25, -0.2) is 4.79 Å². The molecule has 1 amide bonds. The van der Waals surface area contributed by atoms with Crippen LogP contribution in [0.25, 0.3) is 0 Å². The van der Waals surface area contributed by atoms with E-state index in [1.165, 1.54) is 0 Å². The fraction of sp³-hybridized carbons (Fsp3) is 0.714. The zero-order valence-electron chi connectivity index (χ0n) is 14.6. The minimum absolute atomic E-state index is 0.195. The summed E-state index contributed by atoms with van der Waals surface area (Å²) in [4.78, 5) is 24.8. The molecule has 0 radical (unpaired) electrons. The highest BCUT2D eigenvalue weighted by Crippen LogP contribution is 2.39. The number of amides is 1. The molecule has 14 heteroatoms. The first-order chi connectivity index (χ1) is 12.6. The van der Waals surface area contributed by atoms with E-state index < -0.39 is 51.4 Å². The number of piperidine rings is 1. The third-order valence-electron chi connectivity index (χ3n) is 3.70. The Morgan fingerprint density at radius 1 is 1.11 bits per heavy atom. The molecule has 0 aromatic rings. The summed E-state index contributed by atoms with van der Waals surface area (Å²) in [5, 5.41) is -5.21. The second-order valence-corrected chi connectivity index (χ2v) is 7.59. The molecule has 0 spiro atoms. The predicted molar refractivity (Wildman–Crippen MR) is 82.6 cm³/mol. The van der Waals surface area contributed by atoms with Gasteiger partial charge in [-0.05, 0) is 26.2 Å². The number of ether oxygens (including phenoxy) is 2. The maximum Gasteiger partial charge on any atom is 0.466 e. The van der Waals surface area contributed by atoms with Crippen LogP contribution in [0, 0.1) is 0 Å². The molecule has 1 fully saturated rings. The van der Waals surface area contributed by atoms with Gasteiger partial charge in [0.1, 0.15) is 6.61 Å². The van der Waals surface area contributed by atoms with Gasteiger partial charge in [0.15, 0.2) is 0 Å². The molecule has 1 atom stereocenters. The van der Waals surface area contributed by atoms with Crippen molar-refractivity contribution in [2.24, 2.45) is 0 Å². The van der Waals surface area contributed by atoms with Gasteiger partial charge >= 0.3 is 39.2 Å². The normalized spacial score (nSPS) is 18.3. The summed E-state index contributed by atoms with van der Waals surface area (Å²) >= 11 is 0. The van der Waals surface area contributed by atoms with Crippen LogP contribution in [0.2, 0.25) is 0 Å². The highest BCUT2D eigenvalue weighted by molar-refractivity contribution is 7.86. The van der Waals surface area contributed by atoms with E-state index in [9.17, 15) is 40.0 Å². The third kappa shape index (κ3) is 5.17. The highest BCUT2D eigenvalue weighted by atomic mass is 32.2. The summed E-state index contributed by atoms with van der Waals surface area (Å²) in [6, 6.07) is 0. The van der Waals surface area contributed by atoms with Gasteiger partial charge < -0.3 is 14.4 Å². The fourth-order valence-electron chi connectivity index (χ4n) is 2.18. The molecule has 8 nitrogen and oxygen atoms in total. The average Bonchev–Trinajstić information content (AvgIpc) is 2.56. The van der Waals surface area contributed by atoms with Crippen molar-refractivity contribution < 1.29 is 54.0 Å². The Hall–Kier alpha value is -1.80. The van der Waals surface area contributed by atoms with E-state index in [0.29, 0.717) is 24.2 Å².